The van der Waals surface area contributed by atoms with E-state index in [-0.39, 0.29) is 0 Å². The van der Waals surface area contributed by atoms with Crippen molar-refractivity contribution in [1.82, 2.24) is 5.32 Å². The molecule has 0 aliphatic rings. The van der Waals surface area contributed by atoms with Crippen molar-refractivity contribution in [2.45, 2.75) is 46.3 Å². The van der Waals surface area contributed by atoms with Crippen molar-refractivity contribution in [2.75, 3.05) is 26.4 Å². The van der Waals surface area contributed by atoms with Gasteiger partial charge in [0.15, 0.2) is 11.5 Å². The second-order valence-electron chi connectivity index (χ2n) is 6.48. The summed E-state index contributed by atoms with van der Waals surface area (Å²) in [5.41, 5.74) is 2.34. The minimum absolute atomic E-state index is 0.538. The average molecular weight is 372 g/mol. The van der Waals surface area contributed by atoms with Crippen LogP contribution >= 0.6 is 0 Å². The van der Waals surface area contributed by atoms with Gasteiger partial charge in [0.1, 0.15) is 6.61 Å². The van der Waals surface area contributed by atoms with Gasteiger partial charge in [-0.3, -0.25) is 0 Å². The van der Waals surface area contributed by atoms with Gasteiger partial charge in [-0.05, 0) is 49.6 Å². The van der Waals surface area contributed by atoms with Gasteiger partial charge in [-0.15, -0.1) is 0 Å². The van der Waals surface area contributed by atoms with Crippen LogP contribution in [0.15, 0.2) is 48.5 Å². The first-order valence-electron chi connectivity index (χ1n) is 10.0. The van der Waals surface area contributed by atoms with Crippen LogP contribution in [0, 0.1) is 0 Å². The third-order valence-corrected chi connectivity index (χ3v) is 4.16. The zero-order valence-corrected chi connectivity index (χ0v) is 16.7. The molecule has 0 saturated heterocycles. The summed E-state index contributed by atoms with van der Waals surface area (Å²) in [7, 11) is 0. The highest BCUT2D eigenvalue weighted by atomic mass is 16.5. The van der Waals surface area contributed by atoms with E-state index in [1.54, 1.807) is 0 Å². The predicted octanol–water partition coefficient (Wildman–Crippen LogP) is 4.96. The zero-order chi connectivity index (χ0) is 19.2. The number of hydrogen-bond donors (Lipinski definition) is 1. The van der Waals surface area contributed by atoms with Crippen molar-refractivity contribution in [2.24, 2.45) is 0 Å². The van der Waals surface area contributed by atoms with Crippen LogP contribution in [0.2, 0.25) is 0 Å². The van der Waals surface area contributed by atoms with Crippen molar-refractivity contribution < 1.29 is 14.2 Å². The molecule has 0 aliphatic carbocycles. The maximum atomic E-state index is 5.96. The van der Waals surface area contributed by atoms with Crippen LogP contribution in [-0.4, -0.2) is 26.4 Å². The highest BCUT2D eigenvalue weighted by Crippen LogP contribution is 2.29. The molecule has 0 fully saturated rings. The first kappa shape index (κ1) is 21.3. The number of ether oxygens (including phenoxy) is 3. The van der Waals surface area contributed by atoms with E-state index in [1.807, 2.05) is 31.2 Å². The zero-order valence-electron chi connectivity index (χ0n) is 16.7. The second-order valence-corrected chi connectivity index (χ2v) is 6.48. The van der Waals surface area contributed by atoms with Gasteiger partial charge in [0.2, 0.25) is 0 Å². The predicted molar refractivity (Wildman–Crippen MR) is 110 cm³/mol. The largest absolute Gasteiger partial charge is 0.490 e. The van der Waals surface area contributed by atoms with Gasteiger partial charge in [-0.2, -0.15) is 0 Å². The Balaban J connectivity index is 1.78. The molecule has 2 aromatic rings. The minimum atomic E-state index is 0.538. The summed E-state index contributed by atoms with van der Waals surface area (Å²) < 4.78 is 17.3. The lowest BCUT2D eigenvalue weighted by molar-refractivity contribution is 0.129. The lowest BCUT2D eigenvalue weighted by Crippen LogP contribution is -2.16. The van der Waals surface area contributed by atoms with E-state index >= 15 is 0 Å². The van der Waals surface area contributed by atoms with E-state index in [1.165, 1.54) is 12.0 Å². The Morgan fingerprint density at radius 3 is 2.41 bits per heavy atom. The van der Waals surface area contributed by atoms with Crippen LogP contribution in [0.25, 0.3) is 0 Å². The molecule has 2 aromatic carbocycles. The molecule has 0 amide bonds. The van der Waals surface area contributed by atoms with Crippen molar-refractivity contribution in [3.05, 3.63) is 59.7 Å². The van der Waals surface area contributed by atoms with Crippen molar-refractivity contribution in [1.29, 1.82) is 0 Å². The molecule has 4 heteroatoms. The topological polar surface area (TPSA) is 39.7 Å². The average Bonchev–Trinajstić information content (AvgIpc) is 2.70. The molecule has 2 rings (SSSR count). The maximum absolute atomic E-state index is 5.96. The standard InChI is InChI=1S/C23H33NO3/c1-3-5-15-25-16-9-14-24-18-21-12-13-22(23(17-21)26-4-2)27-19-20-10-7-6-8-11-20/h6-8,10-13,17,24H,3-5,9,14-16,18-19H2,1-2H3. The quantitative estimate of drug-likeness (QED) is 0.477. The van der Waals surface area contributed by atoms with Gasteiger partial charge >= 0.3 is 0 Å². The van der Waals surface area contributed by atoms with Gasteiger partial charge in [0.05, 0.1) is 6.61 Å². The van der Waals surface area contributed by atoms with Crippen molar-refractivity contribution in [3.8, 4) is 11.5 Å². The second kappa shape index (κ2) is 13.2. The van der Waals surface area contributed by atoms with Crippen molar-refractivity contribution in [3.63, 3.8) is 0 Å². The number of hydrogen-bond acceptors (Lipinski definition) is 4. The molecule has 0 saturated carbocycles. The number of nitrogens with one attached hydrogen (secondary N) is 1. The van der Waals surface area contributed by atoms with Gasteiger partial charge in [-0.25, -0.2) is 0 Å². The van der Waals surface area contributed by atoms with E-state index in [9.17, 15) is 0 Å². The van der Waals surface area contributed by atoms with Gasteiger partial charge in [0, 0.05) is 19.8 Å². The molecular formula is C23H33NO3. The van der Waals surface area contributed by atoms with E-state index in [0.717, 1.165) is 56.2 Å². The van der Waals surface area contributed by atoms with Crippen LogP contribution in [0.1, 0.15) is 44.2 Å². The van der Waals surface area contributed by atoms with Gasteiger partial charge in [-0.1, -0.05) is 49.7 Å². The lowest BCUT2D eigenvalue weighted by atomic mass is 10.2. The van der Waals surface area contributed by atoms with E-state index in [2.05, 4.69) is 36.5 Å². The summed E-state index contributed by atoms with van der Waals surface area (Å²) in [6.07, 6.45) is 3.36. The molecule has 0 unspecified atom stereocenters. The summed E-state index contributed by atoms with van der Waals surface area (Å²) in [5.74, 6) is 1.59. The van der Waals surface area contributed by atoms with Crippen molar-refractivity contribution >= 4 is 0 Å². The fourth-order valence-electron chi connectivity index (χ4n) is 2.67. The van der Waals surface area contributed by atoms with Crippen LogP contribution in [0.3, 0.4) is 0 Å². The molecule has 0 bridgehead atoms. The summed E-state index contributed by atoms with van der Waals surface area (Å²) in [6, 6.07) is 16.3. The normalized spacial score (nSPS) is 10.7. The fourth-order valence-corrected chi connectivity index (χ4v) is 2.67. The highest BCUT2D eigenvalue weighted by Gasteiger charge is 2.07. The summed E-state index contributed by atoms with van der Waals surface area (Å²) in [5, 5.41) is 3.46. The Hall–Kier alpha value is -2.04. The van der Waals surface area contributed by atoms with Crippen LogP contribution in [-0.2, 0) is 17.9 Å². The first-order chi connectivity index (χ1) is 13.3. The highest BCUT2D eigenvalue weighted by molar-refractivity contribution is 5.43. The number of benzene rings is 2. The van der Waals surface area contributed by atoms with Gasteiger partial charge in [0.25, 0.3) is 0 Å². The van der Waals surface area contributed by atoms with E-state index in [4.69, 9.17) is 14.2 Å². The Kier molecular flexibility index (Phi) is 10.4. The molecule has 4 nitrogen and oxygen atoms in total. The lowest BCUT2D eigenvalue weighted by Gasteiger charge is -2.14. The summed E-state index contributed by atoms with van der Waals surface area (Å²) in [4.78, 5) is 0. The van der Waals surface area contributed by atoms with Crippen LogP contribution in [0.4, 0.5) is 0 Å². The number of unbranched alkanes of at least 4 members (excludes halogenated alkanes) is 1. The molecule has 0 aliphatic heterocycles. The third-order valence-electron chi connectivity index (χ3n) is 4.16. The number of rotatable bonds is 14. The van der Waals surface area contributed by atoms with Crippen LogP contribution in [0.5, 0.6) is 11.5 Å². The molecular weight excluding hydrogens is 338 g/mol. The molecule has 0 radical (unpaired) electrons. The Morgan fingerprint density at radius 2 is 1.63 bits per heavy atom. The molecule has 148 valence electrons. The fraction of sp³-hybridized carbons (Fsp3) is 0.478. The molecule has 27 heavy (non-hydrogen) atoms. The third kappa shape index (κ3) is 8.46. The monoisotopic (exact) mass is 371 g/mol. The SMILES string of the molecule is CCCCOCCCNCc1ccc(OCc2ccccc2)c(OCC)c1. The Labute approximate surface area is 163 Å². The Morgan fingerprint density at radius 1 is 0.815 bits per heavy atom. The molecule has 0 heterocycles. The summed E-state index contributed by atoms with van der Waals surface area (Å²) >= 11 is 0. The van der Waals surface area contributed by atoms with E-state index < -0.39 is 0 Å². The molecule has 1 N–H and O–H groups in total. The van der Waals surface area contributed by atoms with Crippen LogP contribution < -0.4 is 14.8 Å². The minimum Gasteiger partial charge on any atom is -0.490 e. The maximum Gasteiger partial charge on any atom is 0.161 e. The molecule has 0 atom stereocenters. The molecule has 0 spiro atoms. The smallest absolute Gasteiger partial charge is 0.161 e. The summed E-state index contributed by atoms with van der Waals surface area (Å²) in [6.45, 7) is 8.78. The first-order valence-corrected chi connectivity index (χ1v) is 10.0. The molecule has 0 aromatic heterocycles. The van der Waals surface area contributed by atoms with E-state index in [0.29, 0.717) is 13.2 Å². The Bertz CT molecular complexity index is 631. The van der Waals surface area contributed by atoms with Gasteiger partial charge < -0.3 is 19.5 Å².